The minimum Gasteiger partial charge on any atom is -0.207 e. The Morgan fingerprint density at radius 2 is 1.11 bits per heavy atom. The van der Waals surface area contributed by atoms with Crippen molar-refractivity contribution in [1.82, 2.24) is 0 Å². The van der Waals surface area contributed by atoms with E-state index in [2.05, 4.69) is 0 Å². The first-order valence-electron chi connectivity index (χ1n) is 2.46. The molecule has 0 aromatic rings. The zero-order chi connectivity index (χ0) is 7.71. The Balaban J connectivity index is 3.75. The Morgan fingerprint density at radius 1 is 0.889 bits per heavy atom. The maximum absolute atomic E-state index is 11.7. The van der Waals surface area contributed by atoms with Crippen molar-refractivity contribution in [2.75, 3.05) is 0 Å². The van der Waals surface area contributed by atoms with E-state index in [0.717, 1.165) is 0 Å². The summed E-state index contributed by atoms with van der Waals surface area (Å²) in [5, 5.41) is 0. The highest BCUT2D eigenvalue weighted by Crippen LogP contribution is 2.28. The van der Waals surface area contributed by atoms with Gasteiger partial charge in [-0.25, -0.2) is 17.6 Å². The summed E-state index contributed by atoms with van der Waals surface area (Å²) >= 11 is 0. The van der Waals surface area contributed by atoms with Crippen molar-refractivity contribution in [2.45, 2.75) is 32.1 Å². The average molecular weight is 144 g/mol. The molecule has 0 aromatic heterocycles. The Hall–Kier alpha value is -0.280. The van der Waals surface area contributed by atoms with Gasteiger partial charge in [-0.05, 0) is 13.8 Å². The number of hydrogen-bond acceptors (Lipinski definition) is 0. The lowest BCUT2D eigenvalue weighted by atomic mass is 10.2. The molecular formula is C5H8F4. The zero-order valence-electron chi connectivity index (χ0n) is 5.22. The molecule has 0 amide bonds. The molecule has 0 aliphatic rings. The van der Waals surface area contributed by atoms with Gasteiger partial charge in [0.1, 0.15) is 0 Å². The molecule has 0 saturated carbocycles. The van der Waals surface area contributed by atoms with Crippen LogP contribution in [0.5, 0.6) is 0 Å². The summed E-state index contributed by atoms with van der Waals surface area (Å²) in [5.41, 5.74) is 0. The van der Waals surface area contributed by atoms with E-state index in [1.807, 2.05) is 0 Å². The fraction of sp³-hybridized carbons (Fsp3) is 1.00. The van der Waals surface area contributed by atoms with Crippen molar-refractivity contribution >= 4 is 0 Å². The fourth-order valence-electron chi connectivity index (χ4n) is 0.545. The first-order valence-corrected chi connectivity index (χ1v) is 2.46. The van der Waals surface area contributed by atoms with E-state index in [4.69, 9.17) is 0 Å². The van der Waals surface area contributed by atoms with Crippen LogP contribution < -0.4 is 0 Å². The number of rotatable bonds is 2. The van der Waals surface area contributed by atoms with Crippen molar-refractivity contribution in [1.29, 1.82) is 0 Å². The van der Waals surface area contributed by atoms with Crippen LogP contribution in [0.2, 0.25) is 0 Å². The van der Waals surface area contributed by atoms with Crippen molar-refractivity contribution in [3.63, 3.8) is 0 Å². The lowest BCUT2D eigenvalue weighted by Crippen LogP contribution is -2.22. The van der Waals surface area contributed by atoms with Gasteiger partial charge in [-0.2, -0.15) is 0 Å². The quantitative estimate of drug-likeness (QED) is 0.522. The topological polar surface area (TPSA) is 0 Å². The maximum atomic E-state index is 11.7. The summed E-state index contributed by atoms with van der Waals surface area (Å²) in [6.07, 6.45) is -1.38. The Labute approximate surface area is 50.9 Å². The maximum Gasteiger partial charge on any atom is 0.251 e. The molecule has 0 nitrogen and oxygen atoms in total. The van der Waals surface area contributed by atoms with E-state index >= 15 is 0 Å². The van der Waals surface area contributed by atoms with E-state index in [1.165, 1.54) is 0 Å². The van der Waals surface area contributed by atoms with Gasteiger partial charge in [-0.1, -0.05) is 0 Å². The van der Waals surface area contributed by atoms with Gasteiger partial charge in [-0.15, -0.1) is 0 Å². The monoisotopic (exact) mass is 144 g/mol. The van der Waals surface area contributed by atoms with Crippen LogP contribution in [0.4, 0.5) is 17.6 Å². The Kier molecular flexibility index (Phi) is 2.09. The molecule has 0 rings (SSSR count). The van der Waals surface area contributed by atoms with Crippen LogP contribution in [0.15, 0.2) is 0 Å². The van der Waals surface area contributed by atoms with Crippen molar-refractivity contribution in [2.24, 2.45) is 0 Å². The number of alkyl halides is 4. The predicted octanol–water partition coefficient (Wildman–Crippen LogP) is 2.69. The van der Waals surface area contributed by atoms with E-state index < -0.39 is 18.3 Å². The van der Waals surface area contributed by atoms with Gasteiger partial charge in [0.2, 0.25) is 0 Å². The average Bonchev–Trinajstić information content (AvgIpc) is 1.14. The molecule has 0 heterocycles. The molecule has 0 saturated heterocycles. The van der Waals surface area contributed by atoms with Crippen LogP contribution in [0.3, 0.4) is 0 Å². The molecule has 0 radical (unpaired) electrons. The molecule has 0 fully saturated rings. The van der Waals surface area contributed by atoms with Gasteiger partial charge in [0.05, 0.1) is 6.42 Å². The molecule has 0 aliphatic heterocycles. The molecular weight excluding hydrogens is 136 g/mol. The normalized spacial score (nSPS) is 14.0. The second-order valence-corrected chi connectivity index (χ2v) is 2.32. The lowest BCUT2D eigenvalue weighted by molar-refractivity contribution is -0.0895. The summed E-state index contributed by atoms with van der Waals surface area (Å²) in [4.78, 5) is 0. The number of hydrogen-bond donors (Lipinski definition) is 0. The Bertz CT molecular complexity index is 74.1. The SMILES string of the molecule is CC(F)(F)CC(C)(F)F. The first kappa shape index (κ1) is 8.72. The molecule has 0 bridgehead atoms. The van der Waals surface area contributed by atoms with Crippen LogP contribution in [0, 0.1) is 0 Å². The number of halogens is 4. The molecule has 0 aliphatic carbocycles. The minimum atomic E-state index is -3.27. The predicted molar refractivity (Wildman–Crippen MR) is 25.9 cm³/mol. The highest BCUT2D eigenvalue weighted by atomic mass is 19.3. The molecule has 0 atom stereocenters. The lowest BCUT2D eigenvalue weighted by Gasteiger charge is -2.14. The largest absolute Gasteiger partial charge is 0.251 e. The van der Waals surface area contributed by atoms with Crippen LogP contribution in [-0.4, -0.2) is 11.8 Å². The van der Waals surface area contributed by atoms with Crippen LogP contribution >= 0.6 is 0 Å². The fourth-order valence-corrected chi connectivity index (χ4v) is 0.545. The second-order valence-electron chi connectivity index (χ2n) is 2.32. The smallest absolute Gasteiger partial charge is 0.207 e. The van der Waals surface area contributed by atoms with E-state index in [1.54, 1.807) is 0 Å². The summed E-state index contributed by atoms with van der Waals surface area (Å²) in [6, 6.07) is 0. The van der Waals surface area contributed by atoms with Crippen molar-refractivity contribution < 1.29 is 17.6 Å². The summed E-state index contributed by atoms with van der Waals surface area (Å²) in [7, 11) is 0. The second kappa shape index (κ2) is 2.15. The summed E-state index contributed by atoms with van der Waals surface area (Å²) in [5.74, 6) is -6.53. The van der Waals surface area contributed by atoms with Crippen molar-refractivity contribution in [3.8, 4) is 0 Å². The zero-order valence-corrected chi connectivity index (χ0v) is 5.22. The molecule has 4 heteroatoms. The third-order valence-corrected chi connectivity index (χ3v) is 0.621. The van der Waals surface area contributed by atoms with Crippen molar-refractivity contribution in [3.05, 3.63) is 0 Å². The van der Waals surface area contributed by atoms with Crippen LogP contribution in [0.25, 0.3) is 0 Å². The molecule has 0 spiro atoms. The molecule has 56 valence electrons. The summed E-state index contributed by atoms with van der Waals surface area (Å²) in [6.45, 7) is 0.953. The van der Waals surface area contributed by atoms with E-state index in [9.17, 15) is 17.6 Å². The van der Waals surface area contributed by atoms with Gasteiger partial charge in [-0.3, -0.25) is 0 Å². The molecule has 0 N–H and O–H groups in total. The minimum absolute atomic E-state index is 0.477. The van der Waals surface area contributed by atoms with Crippen LogP contribution in [-0.2, 0) is 0 Å². The van der Waals surface area contributed by atoms with Crippen LogP contribution in [0.1, 0.15) is 20.3 Å². The third kappa shape index (κ3) is 7.72. The molecule has 0 aromatic carbocycles. The molecule has 9 heavy (non-hydrogen) atoms. The standard InChI is InChI=1S/C5H8F4/c1-4(6,7)3-5(2,8)9/h3H2,1-2H3. The van der Waals surface area contributed by atoms with Gasteiger partial charge < -0.3 is 0 Å². The van der Waals surface area contributed by atoms with E-state index in [-0.39, 0.29) is 0 Å². The summed E-state index contributed by atoms with van der Waals surface area (Å²) < 4.78 is 47.0. The van der Waals surface area contributed by atoms with Gasteiger partial charge in [0.15, 0.2) is 0 Å². The van der Waals surface area contributed by atoms with Gasteiger partial charge >= 0.3 is 0 Å². The highest BCUT2D eigenvalue weighted by molar-refractivity contribution is 4.68. The van der Waals surface area contributed by atoms with Gasteiger partial charge in [0, 0.05) is 0 Å². The molecule has 0 unspecified atom stereocenters. The third-order valence-electron chi connectivity index (χ3n) is 0.621. The first-order chi connectivity index (χ1) is 3.71. The van der Waals surface area contributed by atoms with Gasteiger partial charge in [0.25, 0.3) is 11.8 Å². The highest BCUT2D eigenvalue weighted by Gasteiger charge is 2.35. The van der Waals surface area contributed by atoms with E-state index in [0.29, 0.717) is 13.8 Å². The Morgan fingerprint density at radius 3 is 1.11 bits per heavy atom.